The van der Waals surface area contributed by atoms with Crippen LogP contribution in [0.2, 0.25) is 0 Å². The molecular weight excluding hydrogens is 220 g/mol. The molecule has 1 fully saturated rings. The molecule has 2 rings (SSSR count). The quantitative estimate of drug-likeness (QED) is 0.817. The van der Waals surface area contributed by atoms with E-state index in [1.54, 1.807) is 0 Å². The van der Waals surface area contributed by atoms with Crippen molar-refractivity contribution in [2.75, 3.05) is 23.7 Å². The summed E-state index contributed by atoms with van der Waals surface area (Å²) in [6.45, 7) is 6.81. The molecule has 1 heterocycles. The number of nitrogens with zero attached hydrogens (tertiary/aromatic N) is 1. The highest BCUT2D eigenvalue weighted by Gasteiger charge is 2.18. The van der Waals surface area contributed by atoms with Crippen LogP contribution in [0.3, 0.4) is 0 Å². The highest BCUT2D eigenvalue weighted by Crippen LogP contribution is 2.29. The van der Waals surface area contributed by atoms with Crippen molar-refractivity contribution in [2.24, 2.45) is 5.92 Å². The molecule has 1 atom stereocenters. The predicted molar refractivity (Wildman–Crippen MR) is 80.1 cm³/mol. The molecule has 1 aliphatic heterocycles. The van der Waals surface area contributed by atoms with Crippen LogP contribution < -0.4 is 10.6 Å². The van der Waals surface area contributed by atoms with E-state index < -0.39 is 0 Å². The Morgan fingerprint density at radius 1 is 1.28 bits per heavy atom. The molecule has 0 radical (unpaired) electrons. The van der Waals surface area contributed by atoms with E-state index in [1.165, 1.54) is 56.4 Å². The minimum atomic E-state index is 0.918. The van der Waals surface area contributed by atoms with E-state index in [2.05, 4.69) is 30.9 Å². The van der Waals surface area contributed by atoms with Crippen LogP contribution in [0.25, 0.3) is 0 Å². The van der Waals surface area contributed by atoms with Crippen LogP contribution in [0.4, 0.5) is 11.4 Å². The van der Waals surface area contributed by atoms with Gasteiger partial charge in [-0.15, -0.1) is 0 Å². The number of rotatable bonds is 3. The van der Waals surface area contributed by atoms with E-state index in [-0.39, 0.29) is 0 Å². The number of nitrogens with two attached hydrogens (primary N) is 1. The Labute approximate surface area is 111 Å². The van der Waals surface area contributed by atoms with Gasteiger partial charge in [0.1, 0.15) is 0 Å². The lowest BCUT2D eigenvalue weighted by molar-refractivity contribution is 0.435. The normalized spacial score (nSPS) is 20.8. The van der Waals surface area contributed by atoms with Gasteiger partial charge in [-0.05, 0) is 49.8 Å². The molecule has 0 bridgehead atoms. The van der Waals surface area contributed by atoms with E-state index in [1.807, 2.05) is 6.07 Å². The van der Waals surface area contributed by atoms with Crippen molar-refractivity contribution in [3.8, 4) is 0 Å². The van der Waals surface area contributed by atoms with Gasteiger partial charge in [-0.2, -0.15) is 0 Å². The number of anilines is 2. The molecule has 1 saturated heterocycles. The lowest BCUT2D eigenvalue weighted by atomic mass is 9.96. The Hall–Kier alpha value is -1.18. The van der Waals surface area contributed by atoms with Crippen molar-refractivity contribution in [3.63, 3.8) is 0 Å². The molecular formula is C16H26N2. The molecule has 0 aliphatic carbocycles. The summed E-state index contributed by atoms with van der Waals surface area (Å²) in [5.41, 5.74) is 9.52. The molecule has 2 nitrogen and oxygen atoms in total. The predicted octanol–water partition coefficient (Wildman–Crippen LogP) is 3.98. The van der Waals surface area contributed by atoms with E-state index in [0.29, 0.717) is 0 Å². The summed E-state index contributed by atoms with van der Waals surface area (Å²) < 4.78 is 0. The molecule has 0 amide bonds. The van der Waals surface area contributed by atoms with Gasteiger partial charge in [0.15, 0.2) is 0 Å². The van der Waals surface area contributed by atoms with Crippen LogP contribution in [-0.4, -0.2) is 13.1 Å². The molecule has 2 N–H and O–H groups in total. The third-order valence-electron chi connectivity index (χ3n) is 4.23. The fourth-order valence-corrected chi connectivity index (χ4v) is 3.09. The van der Waals surface area contributed by atoms with Gasteiger partial charge in [0, 0.05) is 24.5 Å². The van der Waals surface area contributed by atoms with Crippen molar-refractivity contribution in [1.82, 2.24) is 0 Å². The molecule has 0 aromatic heterocycles. The minimum absolute atomic E-state index is 0.918. The summed E-state index contributed by atoms with van der Waals surface area (Å²) >= 11 is 0. The third kappa shape index (κ3) is 2.98. The van der Waals surface area contributed by atoms with Gasteiger partial charge in [-0.3, -0.25) is 0 Å². The first-order valence-electron chi connectivity index (χ1n) is 7.32. The number of hydrogen-bond acceptors (Lipinski definition) is 2. The lowest BCUT2D eigenvalue weighted by Gasteiger charge is -2.25. The highest BCUT2D eigenvalue weighted by atomic mass is 15.1. The molecule has 1 aliphatic rings. The second-order valence-corrected chi connectivity index (χ2v) is 5.56. The molecule has 18 heavy (non-hydrogen) atoms. The second kappa shape index (κ2) is 6.12. The van der Waals surface area contributed by atoms with E-state index in [9.17, 15) is 0 Å². The standard InChI is InChI=1S/C16H26N2/c1-3-6-14-7-5-11-18(12-10-14)16-9-4-8-15(17)13(16)2/h4,8-9,14H,3,5-7,10-12,17H2,1-2H3. The van der Waals surface area contributed by atoms with Crippen LogP contribution >= 0.6 is 0 Å². The number of nitrogen functional groups attached to an aromatic ring is 1. The molecule has 1 unspecified atom stereocenters. The minimum Gasteiger partial charge on any atom is -0.398 e. The summed E-state index contributed by atoms with van der Waals surface area (Å²) in [7, 11) is 0. The van der Waals surface area contributed by atoms with Crippen molar-refractivity contribution in [3.05, 3.63) is 23.8 Å². The third-order valence-corrected chi connectivity index (χ3v) is 4.23. The second-order valence-electron chi connectivity index (χ2n) is 5.56. The number of hydrogen-bond donors (Lipinski definition) is 1. The summed E-state index contributed by atoms with van der Waals surface area (Å²) in [5, 5.41) is 0. The first-order chi connectivity index (χ1) is 8.72. The van der Waals surface area contributed by atoms with Gasteiger partial charge in [0.25, 0.3) is 0 Å². The Balaban J connectivity index is 2.07. The average Bonchev–Trinajstić information content (AvgIpc) is 2.59. The largest absolute Gasteiger partial charge is 0.398 e. The maximum absolute atomic E-state index is 6.01. The van der Waals surface area contributed by atoms with Gasteiger partial charge in [0.05, 0.1) is 0 Å². The fraction of sp³-hybridized carbons (Fsp3) is 0.625. The Bertz CT molecular complexity index is 387. The maximum Gasteiger partial charge on any atom is 0.0416 e. The van der Waals surface area contributed by atoms with Crippen LogP contribution in [-0.2, 0) is 0 Å². The molecule has 1 aromatic rings. The van der Waals surface area contributed by atoms with Gasteiger partial charge in [0.2, 0.25) is 0 Å². The molecule has 2 heteroatoms. The summed E-state index contributed by atoms with van der Waals surface area (Å²) in [6, 6.07) is 6.29. The number of benzene rings is 1. The van der Waals surface area contributed by atoms with Gasteiger partial charge < -0.3 is 10.6 Å². The van der Waals surface area contributed by atoms with E-state index in [4.69, 9.17) is 5.73 Å². The lowest BCUT2D eigenvalue weighted by Crippen LogP contribution is -2.25. The van der Waals surface area contributed by atoms with Crippen LogP contribution in [0.15, 0.2) is 18.2 Å². The van der Waals surface area contributed by atoms with Gasteiger partial charge in [-0.1, -0.05) is 25.8 Å². The first kappa shape index (κ1) is 13.3. The van der Waals surface area contributed by atoms with Crippen molar-refractivity contribution in [2.45, 2.75) is 46.0 Å². The molecule has 100 valence electrons. The van der Waals surface area contributed by atoms with Crippen LogP contribution in [0.5, 0.6) is 0 Å². The van der Waals surface area contributed by atoms with E-state index in [0.717, 1.165) is 11.6 Å². The Morgan fingerprint density at radius 3 is 2.89 bits per heavy atom. The Kier molecular flexibility index (Phi) is 4.51. The first-order valence-corrected chi connectivity index (χ1v) is 7.32. The zero-order valence-electron chi connectivity index (χ0n) is 11.8. The Morgan fingerprint density at radius 2 is 2.11 bits per heavy atom. The van der Waals surface area contributed by atoms with Crippen molar-refractivity contribution < 1.29 is 0 Å². The SMILES string of the molecule is CCCC1CCCN(c2cccc(N)c2C)CC1. The summed E-state index contributed by atoms with van der Waals surface area (Å²) in [6.07, 6.45) is 6.76. The van der Waals surface area contributed by atoms with Crippen LogP contribution in [0.1, 0.15) is 44.6 Å². The average molecular weight is 246 g/mol. The maximum atomic E-state index is 6.01. The topological polar surface area (TPSA) is 29.3 Å². The molecule has 1 aromatic carbocycles. The summed E-state index contributed by atoms with van der Waals surface area (Å²) in [5.74, 6) is 0.932. The van der Waals surface area contributed by atoms with Crippen molar-refractivity contribution in [1.29, 1.82) is 0 Å². The smallest absolute Gasteiger partial charge is 0.0416 e. The summed E-state index contributed by atoms with van der Waals surface area (Å²) in [4.78, 5) is 2.53. The monoisotopic (exact) mass is 246 g/mol. The van der Waals surface area contributed by atoms with Gasteiger partial charge >= 0.3 is 0 Å². The van der Waals surface area contributed by atoms with Gasteiger partial charge in [-0.25, -0.2) is 0 Å². The molecule has 0 saturated carbocycles. The van der Waals surface area contributed by atoms with Crippen molar-refractivity contribution >= 4 is 11.4 Å². The molecule has 0 spiro atoms. The van der Waals surface area contributed by atoms with E-state index >= 15 is 0 Å². The zero-order valence-corrected chi connectivity index (χ0v) is 11.8. The zero-order chi connectivity index (χ0) is 13.0. The fourth-order valence-electron chi connectivity index (χ4n) is 3.09. The van der Waals surface area contributed by atoms with Crippen LogP contribution in [0, 0.1) is 12.8 Å². The highest BCUT2D eigenvalue weighted by molar-refractivity contribution is 5.64.